The van der Waals surface area contributed by atoms with Gasteiger partial charge in [0.05, 0.1) is 24.6 Å². The summed E-state index contributed by atoms with van der Waals surface area (Å²) in [7, 11) is 0. The number of amides is 1. The van der Waals surface area contributed by atoms with Crippen LogP contribution in [0.15, 0.2) is 70.6 Å². The lowest BCUT2D eigenvalue weighted by atomic mass is 10.2. The van der Waals surface area contributed by atoms with Crippen molar-refractivity contribution < 1.29 is 23.8 Å². The zero-order valence-electron chi connectivity index (χ0n) is 21.2. The van der Waals surface area contributed by atoms with Gasteiger partial charge in [-0.05, 0) is 57.0 Å². The van der Waals surface area contributed by atoms with Crippen molar-refractivity contribution in [2.75, 3.05) is 13.2 Å². The highest BCUT2D eigenvalue weighted by Crippen LogP contribution is 2.18. The van der Waals surface area contributed by atoms with Crippen molar-refractivity contribution >= 4 is 28.6 Å². The van der Waals surface area contributed by atoms with Crippen molar-refractivity contribution in [2.45, 2.75) is 45.4 Å². The quantitative estimate of drug-likeness (QED) is 0.274. The molecule has 1 aliphatic heterocycles. The van der Waals surface area contributed by atoms with E-state index in [-0.39, 0.29) is 41.3 Å². The van der Waals surface area contributed by atoms with Crippen LogP contribution in [0.1, 0.15) is 37.0 Å². The van der Waals surface area contributed by atoms with E-state index in [9.17, 15) is 14.4 Å². The molecule has 5 rings (SSSR count). The van der Waals surface area contributed by atoms with Gasteiger partial charge in [0.25, 0.3) is 11.5 Å². The zero-order chi connectivity index (χ0) is 26.6. The number of ether oxygens (including phenoxy) is 3. The summed E-state index contributed by atoms with van der Waals surface area (Å²) in [5.74, 6) is -0.783. The van der Waals surface area contributed by atoms with Gasteiger partial charge in [-0.2, -0.15) is 4.99 Å². The molecular weight excluding hydrogens is 488 g/mol. The molecule has 4 aromatic rings. The van der Waals surface area contributed by atoms with E-state index in [1.165, 1.54) is 10.5 Å². The summed E-state index contributed by atoms with van der Waals surface area (Å²) >= 11 is 0. The molecule has 1 saturated heterocycles. The number of aromatic nitrogens is 3. The lowest BCUT2D eigenvalue weighted by Gasteiger charge is -2.18. The smallest absolute Gasteiger partial charge is 0.341 e. The number of esters is 1. The second-order valence-corrected chi connectivity index (χ2v) is 8.95. The van der Waals surface area contributed by atoms with E-state index >= 15 is 0 Å². The van der Waals surface area contributed by atoms with Crippen molar-refractivity contribution in [1.29, 1.82) is 0 Å². The first-order valence-corrected chi connectivity index (χ1v) is 12.6. The van der Waals surface area contributed by atoms with E-state index in [1.807, 2.05) is 6.07 Å². The molecule has 0 aliphatic carbocycles. The summed E-state index contributed by atoms with van der Waals surface area (Å²) in [6.45, 7) is 4.23. The summed E-state index contributed by atoms with van der Waals surface area (Å²) in [5, 5.41) is 0.203. The van der Waals surface area contributed by atoms with Gasteiger partial charge in [0.1, 0.15) is 22.6 Å². The van der Waals surface area contributed by atoms with E-state index in [0.717, 1.165) is 12.8 Å². The molecule has 196 valence electrons. The predicted octanol–water partition coefficient (Wildman–Crippen LogP) is 2.90. The molecule has 0 saturated carbocycles. The molecule has 10 heteroatoms. The number of hydrogen-bond acceptors (Lipinski definition) is 7. The Balaban J connectivity index is 1.75. The fourth-order valence-electron chi connectivity index (χ4n) is 4.47. The molecule has 1 fully saturated rings. The van der Waals surface area contributed by atoms with Gasteiger partial charge in [-0.1, -0.05) is 24.3 Å². The topological polar surface area (TPSA) is 113 Å². The maximum absolute atomic E-state index is 13.5. The number of hydrogen-bond donors (Lipinski definition) is 0. The molecular formula is C28H28N4O6. The highest BCUT2D eigenvalue weighted by Gasteiger charge is 2.24. The second-order valence-electron chi connectivity index (χ2n) is 8.95. The molecule has 4 heterocycles. The number of fused-ring (bicyclic) bond motifs is 2. The standard InChI is InChI=1S/C28H28N4O6/c1-3-36-28(35)22-16-21-24(29-23-13-7-8-14-31(23)27(21)34)32(17-20-12-9-15-37-20)25(22)30-26(33)18(2)38-19-10-5-4-6-11-19/h4-8,10-11,13-14,16,18,20H,3,9,12,15,17H2,1-2H3/t18-,20-/m1/s1. The molecule has 2 atom stereocenters. The molecule has 0 unspecified atom stereocenters. The normalized spacial score (nSPS) is 16.6. The van der Waals surface area contributed by atoms with Crippen LogP contribution in [0.25, 0.3) is 16.7 Å². The third-order valence-corrected chi connectivity index (χ3v) is 6.32. The maximum Gasteiger partial charge on any atom is 0.341 e. The minimum atomic E-state index is -0.936. The molecule has 10 nitrogen and oxygen atoms in total. The highest BCUT2D eigenvalue weighted by atomic mass is 16.5. The zero-order valence-corrected chi connectivity index (χ0v) is 21.2. The van der Waals surface area contributed by atoms with Gasteiger partial charge in [0.15, 0.2) is 11.6 Å². The van der Waals surface area contributed by atoms with Crippen LogP contribution in [0.2, 0.25) is 0 Å². The Hall–Kier alpha value is -4.31. The number of rotatable bonds is 7. The van der Waals surface area contributed by atoms with Crippen molar-refractivity contribution in [2.24, 2.45) is 4.99 Å². The molecule has 0 spiro atoms. The fraction of sp³-hybridized carbons (Fsp3) is 0.321. The van der Waals surface area contributed by atoms with Crippen LogP contribution in [0, 0.1) is 0 Å². The lowest BCUT2D eigenvalue weighted by molar-refractivity contribution is -0.124. The number of nitrogens with zero attached hydrogens (tertiary/aromatic N) is 4. The van der Waals surface area contributed by atoms with Crippen molar-refractivity contribution in [1.82, 2.24) is 14.0 Å². The average Bonchev–Trinajstić information content (AvgIpc) is 3.44. The van der Waals surface area contributed by atoms with Crippen molar-refractivity contribution in [3.05, 3.63) is 82.2 Å². The molecule has 0 bridgehead atoms. The van der Waals surface area contributed by atoms with Gasteiger partial charge in [0, 0.05) is 12.8 Å². The monoisotopic (exact) mass is 516 g/mol. The van der Waals surface area contributed by atoms with E-state index in [0.29, 0.717) is 23.7 Å². The summed E-state index contributed by atoms with van der Waals surface area (Å²) < 4.78 is 20.0. The number of pyridine rings is 2. The van der Waals surface area contributed by atoms with Gasteiger partial charge in [0.2, 0.25) is 0 Å². The van der Waals surface area contributed by atoms with E-state index in [4.69, 9.17) is 19.2 Å². The Morgan fingerprint density at radius 1 is 1.18 bits per heavy atom. The van der Waals surface area contributed by atoms with Crippen LogP contribution in [0.3, 0.4) is 0 Å². The van der Waals surface area contributed by atoms with Crippen LogP contribution >= 0.6 is 0 Å². The molecule has 1 amide bonds. The minimum absolute atomic E-state index is 0.00705. The molecule has 38 heavy (non-hydrogen) atoms. The number of benzene rings is 1. The SMILES string of the molecule is CCOC(=O)c1cc2c(=O)n3ccccc3nc2n(C[C@H]2CCCO2)c1=NC(=O)[C@@H](C)Oc1ccccc1. The van der Waals surface area contributed by atoms with Gasteiger partial charge >= 0.3 is 5.97 Å². The van der Waals surface area contributed by atoms with Crippen LogP contribution in [0.4, 0.5) is 0 Å². The first kappa shape index (κ1) is 25.3. The van der Waals surface area contributed by atoms with Gasteiger partial charge in [-0.15, -0.1) is 0 Å². The second kappa shape index (κ2) is 11.0. The van der Waals surface area contributed by atoms with E-state index in [1.54, 1.807) is 67.1 Å². The Morgan fingerprint density at radius 2 is 1.97 bits per heavy atom. The van der Waals surface area contributed by atoms with Crippen molar-refractivity contribution in [3.63, 3.8) is 0 Å². The van der Waals surface area contributed by atoms with E-state index < -0.39 is 18.0 Å². The highest BCUT2D eigenvalue weighted by molar-refractivity contribution is 5.94. The molecule has 0 N–H and O–H groups in total. The van der Waals surface area contributed by atoms with Crippen LogP contribution < -0.4 is 15.8 Å². The molecule has 1 aliphatic rings. The maximum atomic E-state index is 13.5. The lowest BCUT2D eigenvalue weighted by Crippen LogP contribution is -2.36. The Kier molecular flexibility index (Phi) is 7.32. The largest absolute Gasteiger partial charge is 0.481 e. The fourth-order valence-corrected chi connectivity index (χ4v) is 4.47. The average molecular weight is 517 g/mol. The van der Waals surface area contributed by atoms with Crippen LogP contribution in [-0.4, -0.2) is 51.2 Å². The van der Waals surface area contributed by atoms with Crippen LogP contribution in [-0.2, 0) is 20.8 Å². The number of para-hydroxylation sites is 1. The predicted molar refractivity (Wildman–Crippen MR) is 139 cm³/mol. The summed E-state index contributed by atoms with van der Waals surface area (Å²) in [6.07, 6.45) is 2.15. The van der Waals surface area contributed by atoms with Gasteiger partial charge in [-0.3, -0.25) is 14.0 Å². The third-order valence-electron chi connectivity index (χ3n) is 6.32. The van der Waals surface area contributed by atoms with Gasteiger partial charge in [-0.25, -0.2) is 9.78 Å². The van der Waals surface area contributed by atoms with Crippen molar-refractivity contribution in [3.8, 4) is 5.75 Å². The molecule has 0 radical (unpaired) electrons. The minimum Gasteiger partial charge on any atom is -0.481 e. The first-order valence-electron chi connectivity index (χ1n) is 12.6. The van der Waals surface area contributed by atoms with E-state index in [2.05, 4.69) is 4.99 Å². The Bertz CT molecular complexity index is 1620. The van der Waals surface area contributed by atoms with Crippen LogP contribution in [0.5, 0.6) is 5.75 Å². The Morgan fingerprint density at radius 3 is 2.71 bits per heavy atom. The number of carbonyl (C=O) groups excluding carboxylic acids is 2. The van der Waals surface area contributed by atoms with Gasteiger partial charge < -0.3 is 18.8 Å². The third kappa shape index (κ3) is 5.08. The number of carbonyl (C=O) groups is 2. The molecule has 1 aromatic carbocycles. The molecule has 3 aromatic heterocycles. The summed E-state index contributed by atoms with van der Waals surface area (Å²) in [4.78, 5) is 48.9. The Labute approximate surface area is 218 Å². The summed E-state index contributed by atoms with van der Waals surface area (Å²) in [6, 6.07) is 15.6. The first-order chi connectivity index (χ1) is 18.5. The summed E-state index contributed by atoms with van der Waals surface area (Å²) in [5.41, 5.74) is 0.413.